The summed E-state index contributed by atoms with van der Waals surface area (Å²) < 4.78 is 52.2. The molecule has 0 aliphatic carbocycles. The molecule has 0 unspecified atom stereocenters. The summed E-state index contributed by atoms with van der Waals surface area (Å²) in [5.74, 6) is 1.76. The van der Waals surface area contributed by atoms with E-state index in [1.807, 2.05) is 0 Å². The van der Waals surface area contributed by atoms with Gasteiger partial charge in [-0.25, -0.2) is 16.8 Å². The molecule has 0 radical (unpaired) electrons. The summed E-state index contributed by atoms with van der Waals surface area (Å²) in [4.78, 5) is 12.3. The highest BCUT2D eigenvalue weighted by Gasteiger charge is 2.14. The van der Waals surface area contributed by atoms with E-state index in [4.69, 9.17) is 6.42 Å². The molecule has 0 bridgehead atoms. The maximum absolute atomic E-state index is 12.3. The molecule has 10 heteroatoms. The van der Waals surface area contributed by atoms with Crippen LogP contribution in [0.25, 0.3) is 0 Å². The molecule has 154 valence electrons. The van der Waals surface area contributed by atoms with E-state index in [-0.39, 0.29) is 22.8 Å². The second-order valence-electron chi connectivity index (χ2n) is 6.01. The zero-order valence-electron chi connectivity index (χ0n) is 15.7. The number of anilines is 2. The van der Waals surface area contributed by atoms with Gasteiger partial charge in [-0.3, -0.25) is 9.52 Å². The van der Waals surface area contributed by atoms with Gasteiger partial charge in [0.05, 0.1) is 17.2 Å². The second-order valence-corrected chi connectivity index (χ2v) is 9.61. The van der Waals surface area contributed by atoms with Crippen LogP contribution in [0.1, 0.15) is 23.7 Å². The molecular weight excluding hydrogens is 414 g/mol. The van der Waals surface area contributed by atoms with Crippen molar-refractivity contribution >= 4 is 37.3 Å². The first-order chi connectivity index (χ1) is 13.7. The largest absolute Gasteiger partial charge is 0.322 e. The molecule has 2 aromatic rings. The molecule has 0 aliphatic heterocycles. The lowest BCUT2D eigenvalue weighted by Gasteiger charge is -2.09. The number of benzene rings is 2. The predicted molar refractivity (Wildman–Crippen MR) is 113 cm³/mol. The van der Waals surface area contributed by atoms with Crippen LogP contribution in [-0.2, 0) is 20.0 Å². The molecule has 29 heavy (non-hydrogen) atoms. The normalized spacial score (nSPS) is 11.4. The number of sulfonamides is 2. The molecule has 0 atom stereocenters. The zero-order valence-corrected chi connectivity index (χ0v) is 17.3. The quantitative estimate of drug-likeness (QED) is 0.520. The van der Waals surface area contributed by atoms with Crippen molar-refractivity contribution in [1.82, 2.24) is 4.72 Å². The molecule has 0 saturated heterocycles. The number of hydrogen-bond donors (Lipinski definition) is 3. The molecule has 0 fully saturated rings. The van der Waals surface area contributed by atoms with E-state index in [1.54, 1.807) is 19.1 Å². The Bertz CT molecular complexity index is 1100. The highest BCUT2D eigenvalue weighted by Crippen LogP contribution is 2.17. The fourth-order valence-electron chi connectivity index (χ4n) is 2.33. The number of hydrogen-bond acceptors (Lipinski definition) is 5. The number of carbonyl (C=O) groups is 1. The average molecular weight is 436 g/mol. The minimum atomic E-state index is -3.73. The summed E-state index contributed by atoms with van der Waals surface area (Å²) in [6, 6.07) is 11.6. The van der Waals surface area contributed by atoms with Gasteiger partial charge in [0.15, 0.2) is 0 Å². The van der Waals surface area contributed by atoms with Crippen molar-refractivity contribution in [1.29, 1.82) is 0 Å². The monoisotopic (exact) mass is 435 g/mol. The Morgan fingerprint density at radius 1 is 0.966 bits per heavy atom. The third kappa shape index (κ3) is 6.60. The fraction of sp³-hybridized carbons (Fsp3) is 0.211. The van der Waals surface area contributed by atoms with E-state index < -0.39 is 26.0 Å². The van der Waals surface area contributed by atoms with Crippen LogP contribution in [0.15, 0.2) is 53.4 Å². The number of terminal acetylenes is 1. The lowest BCUT2D eigenvalue weighted by Crippen LogP contribution is -2.24. The second kappa shape index (κ2) is 9.56. The van der Waals surface area contributed by atoms with Crippen LogP contribution in [0, 0.1) is 12.3 Å². The SMILES string of the molecule is C#CCNS(=O)(=O)c1ccc(C(=O)Nc2ccc(NS(=O)(=O)CCC)cc2)cc1. The molecule has 0 aromatic heterocycles. The topological polar surface area (TPSA) is 121 Å². The van der Waals surface area contributed by atoms with Crippen molar-refractivity contribution < 1.29 is 21.6 Å². The molecule has 0 saturated carbocycles. The minimum absolute atomic E-state index is 0.00647. The van der Waals surface area contributed by atoms with Gasteiger partial charge >= 0.3 is 0 Å². The van der Waals surface area contributed by atoms with Gasteiger partial charge in [-0.05, 0) is 55.0 Å². The maximum Gasteiger partial charge on any atom is 0.255 e. The Labute approximate surface area is 170 Å². The van der Waals surface area contributed by atoms with Crippen LogP contribution in [0.5, 0.6) is 0 Å². The summed E-state index contributed by atoms with van der Waals surface area (Å²) in [5, 5.41) is 2.66. The Morgan fingerprint density at radius 2 is 1.55 bits per heavy atom. The van der Waals surface area contributed by atoms with E-state index in [0.717, 1.165) is 0 Å². The average Bonchev–Trinajstić information content (AvgIpc) is 2.67. The first-order valence-electron chi connectivity index (χ1n) is 8.62. The summed E-state index contributed by atoms with van der Waals surface area (Å²) in [6.45, 7) is 1.64. The van der Waals surface area contributed by atoms with E-state index in [9.17, 15) is 21.6 Å². The first-order valence-corrected chi connectivity index (χ1v) is 11.8. The van der Waals surface area contributed by atoms with E-state index in [2.05, 4.69) is 20.7 Å². The van der Waals surface area contributed by atoms with Gasteiger partial charge in [0.25, 0.3) is 5.91 Å². The summed E-state index contributed by atoms with van der Waals surface area (Å²) >= 11 is 0. The van der Waals surface area contributed by atoms with Gasteiger partial charge in [-0.1, -0.05) is 12.8 Å². The molecular formula is C19H21N3O5S2. The minimum Gasteiger partial charge on any atom is -0.322 e. The fourth-order valence-corrected chi connectivity index (χ4v) is 4.40. The van der Waals surface area contributed by atoms with Crippen LogP contribution < -0.4 is 14.8 Å². The standard InChI is InChI=1S/C19H21N3O5S2/c1-3-13-20-29(26,27)18-11-5-15(6-12-18)19(23)21-16-7-9-17(10-8-16)22-28(24,25)14-4-2/h1,5-12,20,22H,4,13-14H2,2H3,(H,21,23). The van der Waals surface area contributed by atoms with E-state index in [0.29, 0.717) is 17.8 Å². The lowest BCUT2D eigenvalue weighted by atomic mass is 10.2. The molecule has 2 rings (SSSR count). The molecule has 0 aliphatic rings. The van der Waals surface area contributed by atoms with Crippen molar-refractivity contribution in [2.45, 2.75) is 18.2 Å². The Balaban J connectivity index is 2.04. The highest BCUT2D eigenvalue weighted by atomic mass is 32.2. The maximum atomic E-state index is 12.3. The molecule has 0 spiro atoms. The van der Waals surface area contributed by atoms with Crippen LogP contribution >= 0.6 is 0 Å². The van der Waals surface area contributed by atoms with Crippen molar-refractivity contribution in [2.75, 3.05) is 22.3 Å². The first kappa shape index (κ1) is 22.4. The summed E-state index contributed by atoms with van der Waals surface area (Å²) in [6.07, 6.45) is 5.54. The van der Waals surface area contributed by atoms with Gasteiger partial charge in [-0.15, -0.1) is 6.42 Å². The number of nitrogens with one attached hydrogen (secondary N) is 3. The van der Waals surface area contributed by atoms with Crippen molar-refractivity contribution in [2.24, 2.45) is 0 Å². The van der Waals surface area contributed by atoms with Crippen LogP contribution in [-0.4, -0.2) is 35.0 Å². The van der Waals surface area contributed by atoms with Crippen LogP contribution in [0.2, 0.25) is 0 Å². The third-order valence-electron chi connectivity index (χ3n) is 3.68. The molecule has 8 nitrogen and oxygen atoms in total. The van der Waals surface area contributed by atoms with Gasteiger partial charge in [0.1, 0.15) is 0 Å². The number of rotatable bonds is 9. The summed E-state index contributed by atoms with van der Waals surface area (Å²) in [7, 11) is -7.12. The molecule has 2 aromatic carbocycles. The zero-order chi connectivity index (χ0) is 21.5. The van der Waals surface area contributed by atoms with Crippen LogP contribution in [0.3, 0.4) is 0 Å². The van der Waals surface area contributed by atoms with Gasteiger partial charge in [0, 0.05) is 16.9 Å². The Kier molecular flexibility index (Phi) is 7.39. The molecule has 3 N–H and O–H groups in total. The van der Waals surface area contributed by atoms with Gasteiger partial charge in [-0.2, -0.15) is 4.72 Å². The smallest absolute Gasteiger partial charge is 0.255 e. The highest BCUT2D eigenvalue weighted by molar-refractivity contribution is 7.92. The van der Waals surface area contributed by atoms with Crippen LogP contribution in [0.4, 0.5) is 11.4 Å². The Morgan fingerprint density at radius 3 is 2.10 bits per heavy atom. The van der Waals surface area contributed by atoms with Crippen molar-refractivity contribution in [3.05, 3.63) is 54.1 Å². The molecule has 0 heterocycles. The van der Waals surface area contributed by atoms with E-state index in [1.165, 1.54) is 36.4 Å². The summed E-state index contributed by atoms with van der Waals surface area (Å²) in [5.41, 5.74) is 1.11. The van der Waals surface area contributed by atoms with Gasteiger partial charge in [0.2, 0.25) is 20.0 Å². The van der Waals surface area contributed by atoms with Crippen molar-refractivity contribution in [3.63, 3.8) is 0 Å². The van der Waals surface area contributed by atoms with Crippen molar-refractivity contribution in [3.8, 4) is 12.3 Å². The van der Waals surface area contributed by atoms with Gasteiger partial charge < -0.3 is 5.32 Å². The van der Waals surface area contributed by atoms with E-state index >= 15 is 0 Å². The number of amides is 1. The molecule has 1 amide bonds. The Hall–Kier alpha value is -2.87. The third-order valence-corrected chi connectivity index (χ3v) is 6.59. The number of carbonyl (C=O) groups excluding carboxylic acids is 1. The lowest BCUT2D eigenvalue weighted by molar-refractivity contribution is 0.102. The predicted octanol–water partition coefficient (Wildman–Crippen LogP) is 2.00.